The van der Waals surface area contributed by atoms with Gasteiger partial charge in [-0.15, -0.1) is 0 Å². The number of aromatic nitrogens is 1. The van der Waals surface area contributed by atoms with Crippen LogP contribution in [-0.4, -0.2) is 26.5 Å². The van der Waals surface area contributed by atoms with E-state index in [1.807, 2.05) is 0 Å². The molecule has 1 aromatic heterocycles. The van der Waals surface area contributed by atoms with Gasteiger partial charge in [0.2, 0.25) is 0 Å². The largest absolute Gasteiger partial charge is 0.489 e. The quantitative estimate of drug-likeness (QED) is 0.339. The van der Waals surface area contributed by atoms with Crippen LogP contribution in [0, 0.1) is 3.70 Å². The first-order valence-electron chi connectivity index (χ1n) is 7.10. The normalized spacial score (nSPS) is 22.1. The standard InChI is InChI=1S/C15H23BrINO2Si/c1-14(2,3)21(5,6)20-9-15(4)8-19-12-10(15)7-11(17)18-13(12)16/h7H,8-9H2,1-6H3/t15-/m0/s1. The van der Waals surface area contributed by atoms with Gasteiger partial charge in [-0.3, -0.25) is 0 Å². The minimum Gasteiger partial charge on any atom is -0.489 e. The van der Waals surface area contributed by atoms with Gasteiger partial charge in [0, 0.05) is 12.2 Å². The van der Waals surface area contributed by atoms with Crippen molar-refractivity contribution in [2.75, 3.05) is 13.2 Å². The molecule has 0 aliphatic carbocycles. The van der Waals surface area contributed by atoms with Gasteiger partial charge >= 0.3 is 0 Å². The van der Waals surface area contributed by atoms with Gasteiger partial charge in [-0.2, -0.15) is 0 Å². The second kappa shape index (κ2) is 5.76. The Kier molecular flexibility index (Phi) is 4.85. The maximum Gasteiger partial charge on any atom is 0.192 e. The lowest BCUT2D eigenvalue weighted by Crippen LogP contribution is -2.45. The first kappa shape index (κ1) is 17.7. The first-order chi connectivity index (χ1) is 9.46. The first-order valence-corrected chi connectivity index (χ1v) is 11.9. The van der Waals surface area contributed by atoms with E-state index < -0.39 is 8.32 Å². The monoisotopic (exact) mass is 483 g/mol. The van der Waals surface area contributed by atoms with Crippen LogP contribution in [0.5, 0.6) is 5.75 Å². The Morgan fingerprint density at radius 3 is 2.67 bits per heavy atom. The summed E-state index contributed by atoms with van der Waals surface area (Å²) in [6, 6.07) is 2.11. The zero-order valence-corrected chi connectivity index (χ0v) is 18.3. The Morgan fingerprint density at radius 2 is 2.10 bits per heavy atom. The van der Waals surface area contributed by atoms with E-state index in [9.17, 15) is 0 Å². The van der Waals surface area contributed by atoms with E-state index in [1.165, 1.54) is 5.56 Å². The summed E-state index contributed by atoms with van der Waals surface area (Å²) in [7, 11) is -1.75. The Labute approximate surface area is 150 Å². The van der Waals surface area contributed by atoms with Gasteiger partial charge in [0.25, 0.3) is 0 Å². The van der Waals surface area contributed by atoms with Crippen molar-refractivity contribution in [3.05, 3.63) is 19.9 Å². The third-order valence-corrected chi connectivity index (χ3v) is 10.2. The van der Waals surface area contributed by atoms with Crippen molar-refractivity contribution in [3.63, 3.8) is 0 Å². The molecule has 2 heterocycles. The molecule has 0 spiro atoms. The van der Waals surface area contributed by atoms with Gasteiger partial charge in [-0.05, 0) is 69.6 Å². The van der Waals surface area contributed by atoms with E-state index in [-0.39, 0.29) is 10.5 Å². The van der Waals surface area contributed by atoms with Gasteiger partial charge in [0.05, 0.1) is 5.41 Å². The molecule has 1 aromatic rings. The Morgan fingerprint density at radius 1 is 1.48 bits per heavy atom. The second-order valence-corrected chi connectivity index (χ2v) is 14.2. The van der Waals surface area contributed by atoms with Gasteiger partial charge in [0.15, 0.2) is 14.1 Å². The van der Waals surface area contributed by atoms with Crippen molar-refractivity contribution in [1.82, 2.24) is 4.98 Å². The summed E-state index contributed by atoms with van der Waals surface area (Å²) in [6.45, 7) is 15.0. The zero-order chi connectivity index (χ0) is 16.1. The number of ether oxygens (including phenoxy) is 1. The molecule has 2 rings (SSSR count). The molecular weight excluding hydrogens is 461 g/mol. The van der Waals surface area contributed by atoms with Crippen molar-refractivity contribution in [3.8, 4) is 5.75 Å². The van der Waals surface area contributed by atoms with E-state index in [1.54, 1.807) is 0 Å². The van der Waals surface area contributed by atoms with Crippen LogP contribution in [-0.2, 0) is 9.84 Å². The number of hydrogen-bond donors (Lipinski definition) is 0. The van der Waals surface area contributed by atoms with Crippen LogP contribution in [0.25, 0.3) is 0 Å². The van der Waals surface area contributed by atoms with Crippen molar-refractivity contribution in [2.24, 2.45) is 0 Å². The lowest BCUT2D eigenvalue weighted by molar-refractivity contribution is 0.175. The van der Waals surface area contributed by atoms with E-state index >= 15 is 0 Å². The van der Waals surface area contributed by atoms with Crippen molar-refractivity contribution in [1.29, 1.82) is 0 Å². The van der Waals surface area contributed by atoms with Gasteiger partial charge in [-0.25, -0.2) is 4.98 Å². The molecule has 1 aliphatic heterocycles. The molecule has 0 saturated heterocycles. The third-order valence-electron chi connectivity index (χ3n) is 4.64. The molecule has 0 radical (unpaired) electrons. The lowest BCUT2D eigenvalue weighted by Gasteiger charge is -2.38. The molecule has 6 heteroatoms. The van der Waals surface area contributed by atoms with Gasteiger partial charge < -0.3 is 9.16 Å². The maximum atomic E-state index is 6.44. The Bertz CT molecular complexity index is 559. The zero-order valence-electron chi connectivity index (χ0n) is 13.5. The topological polar surface area (TPSA) is 31.4 Å². The van der Waals surface area contributed by atoms with Gasteiger partial charge in [0.1, 0.15) is 14.9 Å². The summed E-state index contributed by atoms with van der Waals surface area (Å²) in [4.78, 5) is 4.41. The number of fused-ring (bicyclic) bond motifs is 1. The smallest absolute Gasteiger partial charge is 0.192 e. The number of pyridine rings is 1. The summed E-state index contributed by atoms with van der Waals surface area (Å²) in [5.41, 5.74) is 1.10. The van der Waals surface area contributed by atoms with Crippen LogP contribution in [0.2, 0.25) is 18.1 Å². The van der Waals surface area contributed by atoms with E-state index in [4.69, 9.17) is 9.16 Å². The molecule has 0 N–H and O–H groups in total. The molecule has 1 aliphatic rings. The Balaban J connectivity index is 2.24. The summed E-state index contributed by atoms with van der Waals surface area (Å²) in [6.07, 6.45) is 0. The lowest BCUT2D eigenvalue weighted by atomic mass is 9.86. The van der Waals surface area contributed by atoms with Gasteiger partial charge in [-0.1, -0.05) is 20.8 Å². The highest BCUT2D eigenvalue weighted by molar-refractivity contribution is 14.1. The molecule has 0 amide bonds. The molecule has 0 fully saturated rings. The summed E-state index contributed by atoms with van der Waals surface area (Å²) in [5.74, 6) is 0.872. The van der Waals surface area contributed by atoms with Crippen molar-refractivity contribution in [2.45, 2.75) is 51.2 Å². The molecule has 0 aromatic carbocycles. The number of halogens is 2. The average Bonchev–Trinajstić information content (AvgIpc) is 2.65. The van der Waals surface area contributed by atoms with Crippen molar-refractivity contribution < 1.29 is 9.16 Å². The number of hydrogen-bond acceptors (Lipinski definition) is 3. The van der Waals surface area contributed by atoms with Crippen LogP contribution in [0.1, 0.15) is 33.3 Å². The van der Waals surface area contributed by atoms with E-state index in [2.05, 4.69) is 90.4 Å². The highest BCUT2D eigenvalue weighted by Gasteiger charge is 2.43. The summed E-state index contributed by atoms with van der Waals surface area (Å²) >= 11 is 5.74. The molecule has 0 saturated carbocycles. The predicted octanol–water partition coefficient (Wildman–Crippen LogP) is 5.12. The number of rotatable bonds is 3. The average molecular weight is 484 g/mol. The fourth-order valence-electron chi connectivity index (χ4n) is 2.04. The molecule has 21 heavy (non-hydrogen) atoms. The minimum atomic E-state index is -1.75. The Hall–Kier alpha value is 0.337. The minimum absolute atomic E-state index is 0.101. The van der Waals surface area contributed by atoms with Crippen LogP contribution in [0.15, 0.2) is 10.7 Å². The fourth-order valence-corrected chi connectivity index (χ4v) is 4.56. The summed E-state index contributed by atoms with van der Waals surface area (Å²) < 4.78 is 14.1. The number of nitrogens with zero attached hydrogens (tertiary/aromatic N) is 1. The third kappa shape index (κ3) is 3.48. The van der Waals surface area contributed by atoms with E-state index in [0.29, 0.717) is 13.2 Å². The van der Waals surface area contributed by atoms with E-state index in [0.717, 1.165) is 14.1 Å². The summed E-state index contributed by atoms with van der Waals surface area (Å²) in [5, 5.41) is 0.221. The highest BCUT2D eigenvalue weighted by atomic mass is 127. The molecule has 0 bridgehead atoms. The van der Waals surface area contributed by atoms with Crippen LogP contribution in [0.4, 0.5) is 0 Å². The SMILES string of the molecule is CC(C)(C)[Si](C)(C)OC[C@]1(C)COc2c1cc(I)nc2Br. The van der Waals surface area contributed by atoms with Crippen LogP contribution in [0.3, 0.4) is 0 Å². The molecule has 3 nitrogen and oxygen atoms in total. The molecule has 0 unspecified atom stereocenters. The van der Waals surface area contributed by atoms with Crippen LogP contribution >= 0.6 is 38.5 Å². The molecule has 118 valence electrons. The second-order valence-electron chi connectivity index (χ2n) is 7.51. The van der Waals surface area contributed by atoms with Crippen LogP contribution < -0.4 is 4.74 Å². The maximum absolute atomic E-state index is 6.44. The molecule has 1 atom stereocenters. The predicted molar refractivity (Wildman–Crippen MR) is 101 cm³/mol. The fraction of sp³-hybridized carbons (Fsp3) is 0.667. The highest BCUT2D eigenvalue weighted by Crippen LogP contribution is 2.44. The molecular formula is C15H23BrINO2Si. The van der Waals surface area contributed by atoms with Crippen molar-refractivity contribution >= 4 is 46.8 Å².